The first kappa shape index (κ1) is 13.2. The third-order valence-electron chi connectivity index (χ3n) is 2.32. The average molecular weight is 230 g/mol. The van der Waals surface area contributed by atoms with Crippen LogP contribution in [0.4, 0.5) is 0 Å². The Morgan fingerprint density at radius 3 is 2.53 bits per heavy atom. The number of benzene rings is 1. The molecule has 0 unspecified atom stereocenters. The summed E-state index contributed by atoms with van der Waals surface area (Å²) in [4.78, 5) is 11.0. The SMILES string of the molecule is CCCC(/C=C/C(=O)OC)=C\c1ccccc1. The lowest BCUT2D eigenvalue weighted by Gasteiger charge is -2.00. The minimum Gasteiger partial charge on any atom is -0.466 e. The summed E-state index contributed by atoms with van der Waals surface area (Å²) in [5.74, 6) is -0.319. The zero-order valence-corrected chi connectivity index (χ0v) is 10.3. The van der Waals surface area contributed by atoms with Gasteiger partial charge in [-0.15, -0.1) is 0 Å². The van der Waals surface area contributed by atoms with E-state index >= 15 is 0 Å². The fourth-order valence-electron chi connectivity index (χ4n) is 1.50. The standard InChI is InChI=1S/C15H18O2/c1-3-7-13(10-11-15(16)17-2)12-14-8-5-4-6-9-14/h4-6,8-12H,3,7H2,1-2H3/b11-10+,13-12+. The Kier molecular flexibility index (Phi) is 5.80. The molecule has 1 aromatic carbocycles. The summed E-state index contributed by atoms with van der Waals surface area (Å²) >= 11 is 0. The van der Waals surface area contributed by atoms with Crippen molar-refractivity contribution in [1.29, 1.82) is 0 Å². The number of esters is 1. The largest absolute Gasteiger partial charge is 0.466 e. The molecule has 0 saturated carbocycles. The van der Waals surface area contributed by atoms with Crippen molar-refractivity contribution in [3.05, 3.63) is 53.6 Å². The highest BCUT2D eigenvalue weighted by Crippen LogP contribution is 2.12. The number of carbonyl (C=O) groups is 1. The number of carbonyl (C=O) groups excluding carboxylic acids is 1. The fourth-order valence-corrected chi connectivity index (χ4v) is 1.50. The van der Waals surface area contributed by atoms with E-state index in [0.29, 0.717) is 0 Å². The maximum Gasteiger partial charge on any atom is 0.330 e. The molecule has 0 fully saturated rings. The molecule has 0 saturated heterocycles. The minimum atomic E-state index is -0.319. The van der Waals surface area contributed by atoms with E-state index in [2.05, 4.69) is 17.7 Å². The van der Waals surface area contributed by atoms with Crippen molar-refractivity contribution in [2.24, 2.45) is 0 Å². The van der Waals surface area contributed by atoms with Crippen LogP contribution in [-0.4, -0.2) is 13.1 Å². The number of hydrogen-bond donors (Lipinski definition) is 0. The molecule has 0 bridgehead atoms. The van der Waals surface area contributed by atoms with Gasteiger partial charge in [0.1, 0.15) is 0 Å². The minimum absolute atomic E-state index is 0.319. The van der Waals surface area contributed by atoms with E-state index < -0.39 is 0 Å². The Hall–Kier alpha value is -1.83. The van der Waals surface area contributed by atoms with Crippen LogP contribution in [0.1, 0.15) is 25.3 Å². The molecular formula is C15H18O2. The highest BCUT2D eigenvalue weighted by atomic mass is 16.5. The third-order valence-corrected chi connectivity index (χ3v) is 2.32. The van der Waals surface area contributed by atoms with E-state index in [1.807, 2.05) is 36.4 Å². The number of rotatable bonds is 5. The molecule has 0 heterocycles. The fraction of sp³-hybridized carbons (Fsp3) is 0.267. The second-order valence-corrected chi connectivity index (χ2v) is 3.74. The molecule has 0 atom stereocenters. The van der Waals surface area contributed by atoms with Gasteiger partial charge in [-0.05, 0) is 17.6 Å². The molecule has 0 aliphatic carbocycles. The van der Waals surface area contributed by atoms with Crippen LogP contribution in [0.25, 0.3) is 6.08 Å². The van der Waals surface area contributed by atoms with Crippen LogP contribution in [0.5, 0.6) is 0 Å². The quantitative estimate of drug-likeness (QED) is 0.439. The van der Waals surface area contributed by atoms with Gasteiger partial charge >= 0.3 is 5.97 Å². The molecule has 0 radical (unpaired) electrons. The molecule has 0 N–H and O–H groups in total. The Morgan fingerprint density at radius 2 is 1.94 bits per heavy atom. The summed E-state index contributed by atoms with van der Waals surface area (Å²) in [5.41, 5.74) is 2.27. The van der Waals surface area contributed by atoms with Crippen LogP contribution >= 0.6 is 0 Å². The highest BCUT2D eigenvalue weighted by Gasteiger charge is 1.95. The molecule has 0 amide bonds. The Morgan fingerprint density at radius 1 is 1.24 bits per heavy atom. The number of allylic oxidation sites excluding steroid dienone is 2. The molecule has 0 spiro atoms. The summed E-state index contributed by atoms with van der Waals surface area (Å²) < 4.78 is 4.58. The summed E-state index contributed by atoms with van der Waals surface area (Å²) in [5, 5.41) is 0. The third kappa shape index (κ3) is 5.16. The topological polar surface area (TPSA) is 26.3 Å². The van der Waals surface area contributed by atoms with E-state index in [9.17, 15) is 4.79 Å². The van der Waals surface area contributed by atoms with E-state index in [1.165, 1.54) is 13.2 Å². The number of ether oxygens (including phenoxy) is 1. The van der Waals surface area contributed by atoms with Crippen LogP contribution in [0.3, 0.4) is 0 Å². The van der Waals surface area contributed by atoms with Gasteiger partial charge in [0.25, 0.3) is 0 Å². The summed E-state index contributed by atoms with van der Waals surface area (Å²) in [6, 6.07) is 10.1. The van der Waals surface area contributed by atoms with E-state index in [4.69, 9.17) is 0 Å². The molecule has 17 heavy (non-hydrogen) atoms. The lowest BCUT2D eigenvalue weighted by atomic mass is 10.1. The van der Waals surface area contributed by atoms with Crippen LogP contribution < -0.4 is 0 Å². The predicted molar refractivity (Wildman–Crippen MR) is 70.5 cm³/mol. The zero-order chi connectivity index (χ0) is 12.5. The smallest absolute Gasteiger partial charge is 0.330 e. The van der Waals surface area contributed by atoms with Crippen LogP contribution in [-0.2, 0) is 9.53 Å². The van der Waals surface area contributed by atoms with Crippen LogP contribution in [0.15, 0.2) is 48.1 Å². The molecule has 0 aromatic heterocycles. The maximum atomic E-state index is 11.0. The van der Waals surface area contributed by atoms with Gasteiger partial charge < -0.3 is 4.74 Å². The lowest BCUT2D eigenvalue weighted by molar-refractivity contribution is -0.134. The van der Waals surface area contributed by atoms with Crippen molar-refractivity contribution in [2.75, 3.05) is 7.11 Å². The van der Waals surface area contributed by atoms with Crippen LogP contribution in [0.2, 0.25) is 0 Å². The molecule has 1 rings (SSSR count). The van der Waals surface area contributed by atoms with E-state index in [-0.39, 0.29) is 5.97 Å². The summed E-state index contributed by atoms with van der Waals surface area (Å²) in [7, 11) is 1.38. The predicted octanol–water partition coefficient (Wildman–Crippen LogP) is 3.60. The second-order valence-electron chi connectivity index (χ2n) is 3.74. The van der Waals surface area contributed by atoms with Crippen molar-refractivity contribution in [3.8, 4) is 0 Å². The molecule has 0 aliphatic rings. The zero-order valence-electron chi connectivity index (χ0n) is 10.3. The van der Waals surface area contributed by atoms with Gasteiger partial charge in [0.2, 0.25) is 0 Å². The first-order chi connectivity index (χ1) is 8.26. The number of hydrogen-bond acceptors (Lipinski definition) is 2. The van der Waals surface area contributed by atoms with Crippen LogP contribution in [0, 0.1) is 0 Å². The summed E-state index contributed by atoms with van der Waals surface area (Å²) in [6.45, 7) is 2.12. The maximum absolute atomic E-state index is 11.0. The lowest BCUT2D eigenvalue weighted by Crippen LogP contribution is -1.94. The van der Waals surface area contributed by atoms with E-state index in [0.717, 1.165) is 24.0 Å². The molecule has 2 nitrogen and oxygen atoms in total. The second kappa shape index (κ2) is 7.44. The molecular weight excluding hydrogens is 212 g/mol. The highest BCUT2D eigenvalue weighted by molar-refractivity contribution is 5.82. The van der Waals surface area contributed by atoms with Gasteiger partial charge in [0.15, 0.2) is 0 Å². The van der Waals surface area contributed by atoms with Gasteiger partial charge in [-0.1, -0.05) is 55.8 Å². The van der Waals surface area contributed by atoms with E-state index in [1.54, 1.807) is 0 Å². The Labute approximate surface area is 103 Å². The molecule has 1 aromatic rings. The monoisotopic (exact) mass is 230 g/mol. The average Bonchev–Trinajstić information content (AvgIpc) is 2.37. The Balaban J connectivity index is 2.82. The van der Waals surface area contributed by atoms with Gasteiger partial charge in [0.05, 0.1) is 7.11 Å². The van der Waals surface area contributed by atoms with Crippen molar-refractivity contribution >= 4 is 12.0 Å². The van der Waals surface area contributed by atoms with Crippen molar-refractivity contribution < 1.29 is 9.53 Å². The van der Waals surface area contributed by atoms with Crippen molar-refractivity contribution in [3.63, 3.8) is 0 Å². The van der Waals surface area contributed by atoms with Gasteiger partial charge in [0, 0.05) is 6.08 Å². The summed E-state index contributed by atoms with van der Waals surface area (Å²) in [6.07, 6.45) is 7.36. The molecule has 90 valence electrons. The first-order valence-corrected chi connectivity index (χ1v) is 5.78. The normalized spacial score (nSPS) is 11.8. The molecule has 2 heteroatoms. The number of methoxy groups -OCH3 is 1. The van der Waals surface area contributed by atoms with Crippen molar-refractivity contribution in [2.45, 2.75) is 19.8 Å². The van der Waals surface area contributed by atoms with Crippen molar-refractivity contribution in [1.82, 2.24) is 0 Å². The molecule has 0 aliphatic heterocycles. The van der Waals surface area contributed by atoms with Gasteiger partial charge in [-0.25, -0.2) is 4.79 Å². The van der Waals surface area contributed by atoms with Gasteiger partial charge in [-0.3, -0.25) is 0 Å². The first-order valence-electron chi connectivity index (χ1n) is 5.78. The van der Waals surface area contributed by atoms with Gasteiger partial charge in [-0.2, -0.15) is 0 Å². The Bertz CT molecular complexity index is 402.